The largest absolute Gasteiger partial charge is 0.453 e. The summed E-state index contributed by atoms with van der Waals surface area (Å²) in [6.45, 7) is 7.88. The monoisotopic (exact) mass is 302 g/mol. The van der Waals surface area contributed by atoms with Gasteiger partial charge in [-0.2, -0.15) is 0 Å². The molecule has 0 bridgehead atoms. The first-order valence-electron chi connectivity index (χ1n) is 5.84. The maximum Gasteiger partial charge on any atom is 0.239 e. The first-order valence-corrected chi connectivity index (χ1v) is 6.64. The van der Waals surface area contributed by atoms with Crippen molar-refractivity contribution in [3.05, 3.63) is 22.6 Å². The number of nitrogens with one attached hydrogen (secondary N) is 1. The summed E-state index contributed by atoms with van der Waals surface area (Å²) < 4.78 is 6.06. The van der Waals surface area contributed by atoms with Crippen LogP contribution in [0, 0.1) is 0 Å². The highest BCUT2D eigenvalue weighted by atomic mass is 79.9. The molecule has 5 heteroatoms. The maximum absolute atomic E-state index is 12.0. The Morgan fingerprint density at radius 1 is 1.47 bits per heavy atom. The molecule has 0 fully saturated rings. The van der Waals surface area contributed by atoms with Crippen molar-refractivity contribution in [1.82, 2.24) is 10.2 Å². The van der Waals surface area contributed by atoms with Crippen LogP contribution in [0.15, 0.2) is 21.2 Å². The molecule has 0 spiro atoms. The summed E-state index contributed by atoms with van der Waals surface area (Å²) in [7, 11) is 0. The molecule has 0 radical (unpaired) electrons. The van der Waals surface area contributed by atoms with Crippen LogP contribution in [0.25, 0.3) is 0 Å². The van der Waals surface area contributed by atoms with E-state index in [2.05, 4.69) is 21.2 Å². The summed E-state index contributed by atoms with van der Waals surface area (Å²) in [5, 5.41) is 3.16. The fourth-order valence-corrected chi connectivity index (χ4v) is 1.94. The Kier molecular flexibility index (Phi) is 5.71. The van der Waals surface area contributed by atoms with Crippen LogP contribution in [0.3, 0.4) is 0 Å². The van der Waals surface area contributed by atoms with Gasteiger partial charge >= 0.3 is 0 Å². The van der Waals surface area contributed by atoms with E-state index in [1.54, 1.807) is 0 Å². The fraction of sp³-hybridized carbons (Fsp3) is 0.583. The van der Waals surface area contributed by atoms with E-state index in [0.29, 0.717) is 11.2 Å². The lowest BCUT2D eigenvalue weighted by Gasteiger charge is -2.23. The van der Waals surface area contributed by atoms with Crippen LogP contribution in [-0.2, 0) is 11.3 Å². The van der Waals surface area contributed by atoms with Crippen molar-refractivity contribution in [2.45, 2.75) is 33.4 Å². The van der Waals surface area contributed by atoms with Crippen molar-refractivity contribution >= 4 is 21.8 Å². The fourth-order valence-electron chi connectivity index (χ4n) is 1.60. The van der Waals surface area contributed by atoms with E-state index in [-0.39, 0.29) is 11.9 Å². The first kappa shape index (κ1) is 14.3. The van der Waals surface area contributed by atoms with Gasteiger partial charge in [0.2, 0.25) is 5.91 Å². The minimum atomic E-state index is -0.196. The molecular formula is C12H19BrN2O2. The van der Waals surface area contributed by atoms with Gasteiger partial charge in [0.15, 0.2) is 4.67 Å². The van der Waals surface area contributed by atoms with Crippen LogP contribution in [0.2, 0.25) is 0 Å². The Balaban J connectivity index is 2.43. The molecule has 0 aliphatic rings. The number of hydrogen-bond donors (Lipinski definition) is 1. The highest BCUT2D eigenvalue weighted by Gasteiger charge is 2.17. The summed E-state index contributed by atoms with van der Waals surface area (Å²) in [5.74, 6) is 0.941. The Morgan fingerprint density at radius 3 is 2.59 bits per heavy atom. The average Bonchev–Trinajstić information content (AvgIpc) is 2.73. The van der Waals surface area contributed by atoms with Gasteiger partial charge in [0, 0.05) is 13.1 Å². The molecule has 0 aliphatic carbocycles. The lowest BCUT2D eigenvalue weighted by molar-refractivity contribution is -0.132. The van der Waals surface area contributed by atoms with Crippen LogP contribution in [0.4, 0.5) is 0 Å². The van der Waals surface area contributed by atoms with Gasteiger partial charge in [-0.25, -0.2) is 0 Å². The molecule has 1 unspecified atom stereocenters. The number of rotatable bonds is 6. The third kappa shape index (κ3) is 4.16. The second kappa shape index (κ2) is 6.81. The molecule has 1 N–H and O–H groups in total. The molecule has 0 saturated carbocycles. The van der Waals surface area contributed by atoms with E-state index in [1.807, 2.05) is 37.8 Å². The minimum Gasteiger partial charge on any atom is -0.453 e. The summed E-state index contributed by atoms with van der Waals surface area (Å²) in [6, 6.07) is 3.53. The highest BCUT2D eigenvalue weighted by molar-refractivity contribution is 9.10. The van der Waals surface area contributed by atoms with E-state index >= 15 is 0 Å². The highest BCUT2D eigenvalue weighted by Crippen LogP contribution is 2.13. The topological polar surface area (TPSA) is 45.5 Å². The molecule has 1 aromatic rings. The SMILES string of the molecule is CCN(CC)C(=O)C(C)NCc1ccc(Br)o1. The predicted molar refractivity (Wildman–Crippen MR) is 70.6 cm³/mol. The number of furan rings is 1. The zero-order chi connectivity index (χ0) is 12.8. The number of nitrogens with zero attached hydrogens (tertiary/aromatic N) is 1. The van der Waals surface area contributed by atoms with Gasteiger partial charge in [-0.15, -0.1) is 0 Å². The van der Waals surface area contributed by atoms with Gasteiger partial charge in [-0.05, 0) is 48.8 Å². The number of carbonyl (C=O) groups excluding carboxylic acids is 1. The molecule has 1 amide bonds. The predicted octanol–water partition coefficient (Wildman–Crippen LogP) is 2.39. The third-order valence-corrected chi connectivity index (χ3v) is 3.08. The maximum atomic E-state index is 12.0. The molecule has 0 aliphatic heterocycles. The van der Waals surface area contributed by atoms with Gasteiger partial charge in [-0.1, -0.05) is 0 Å². The standard InChI is InChI=1S/C12H19BrN2O2/c1-4-15(5-2)12(16)9(3)14-8-10-6-7-11(13)17-10/h6-7,9,14H,4-5,8H2,1-3H3. The molecule has 1 aromatic heterocycles. The normalized spacial score (nSPS) is 12.5. The van der Waals surface area contributed by atoms with Crippen molar-refractivity contribution < 1.29 is 9.21 Å². The second-order valence-corrected chi connectivity index (χ2v) is 4.60. The molecule has 0 aromatic carbocycles. The van der Waals surface area contributed by atoms with Gasteiger partial charge in [0.05, 0.1) is 12.6 Å². The second-order valence-electron chi connectivity index (χ2n) is 3.82. The Bertz CT molecular complexity index is 361. The average molecular weight is 303 g/mol. The van der Waals surface area contributed by atoms with E-state index < -0.39 is 0 Å². The summed E-state index contributed by atoms with van der Waals surface area (Å²) >= 11 is 3.24. The van der Waals surface area contributed by atoms with Gasteiger partial charge in [-0.3, -0.25) is 10.1 Å². The summed E-state index contributed by atoms with van der Waals surface area (Å²) in [4.78, 5) is 13.8. The van der Waals surface area contributed by atoms with E-state index in [4.69, 9.17) is 4.42 Å². The third-order valence-electron chi connectivity index (χ3n) is 2.66. The first-order chi connectivity index (χ1) is 8.08. The smallest absolute Gasteiger partial charge is 0.239 e. The van der Waals surface area contributed by atoms with Crippen molar-refractivity contribution in [2.24, 2.45) is 0 Å². The lowest BCUT2D eigenvalue weighted by Crippen LogP contribution is -2.44. The van der Waals surface area contributed by atoms with Crippen LogP contribution >= 0.6 is 15.9 Å². The molecule has 1 atom stereocenters. The molecular weight excluding hydrogens is 284 g/mol. The minimum absolute atomic E-state index is 0.126. The van der Waals surface area contributed by atoms with Gasteiger partial charge in [0.1, 0.15) is 5.76 Å². The summed E-state index contributed by atoms with van der Waals surface area (Å²) in [6.07, 6.45) is 0. The number of carbonyl (C=O) groups is 1. The number of halogens is 1. The Morgan fingerprint density at radius 2 is 2.12 bits per heavy atom. The lowest BCUT2D eigenvalue weighted by atomic mass is 10.2. The van der Waals surface area contributed by atoms with Crippen LogP contribution in [0.1, 0.15) is 26.5 Å². The molecule has 1 heterocycles. The van der Waals surface area contributed by atoms with Crippen molar-refractivity contribution in [3.8, 4) is 0 Å². The number of hydrogen-bond acceptors (Lipinski definition) is 3. The molecule has 17 heavy (non-hydrogen) atoms. The van der Waals surface area contributed by atoms with Crippen molar-refractivity contribution in [2.75, 3.05) is 13.1 Å². The van der Waals surface area contributed by atoms with Gasteiger partial charge < -0.3 is 9.32 Å². The van der Waals surface area contributed by atoms with Crippen molar-refractivity contribution in [3.63, 3.8) is 0 Å². The van der Waals surface area contributed by atoms with Crippen LogP contribution < -0.4 is 5.32 Å². The van der Waals surface area contributed by atoms with Gasteiger partial charge in [0.25, 0.3) is 0 Å². The number of likely N-dealkylation sites (N-methyl/N-ethyl adjacent to an activating group) is 1. The van der Waals surface area contributed by atoms with Crippen molar-refractivity contribution in [1.29, 1.82) is 0 Å². The van der Waals surface area contributed by atoms with E-state index in [1.165, 1.54) is 0 Å². The Labute approximate surface area is 110 Å². The van der Waals surface area contributed by atoms with Crippen LogP contribution in [0.5, 0.6) is 0 Å². The van der Waals surface area contributed by atoms with E-state index in [9.17, 15) is 4.79 Å². The zero-order valence-corrected chi connectivity index (χ0v) is 12.1. The van der Waals surface area contributed by atoms with Crippen LogP contribution in [-0.4, -0.2) is 29.9 Å². The molecule has 1 rings (SSSR count). The quantitative estimate of drug-likeness (QED) is 0.877. The molecule has 0 saturated heterocycles. The van der Waals surface area contributed by atoms with E-state index in [0.717, 1.165) is 18.8 Å². The molecule has 96 valence electrons. The Hall–Kier alpha value is -0.810. The zero-order valence-electron chi connectivity index (χ0n) is 10.5. The molecule has 4 nitrogen and oxygen atoms in total. The number of amides is 1. The summed E-state index contributed by atoms with van der Waals surface area (Å²) in [5.41, 5.74) is 0.